The van der Waals surface area contributed by atoms with Crippen molar-refractivity contribution in [3.63, 3.8) is 0 Å². The molecular weight excluding hydrogens is 1280 g/mol. The van der Waals surface area contributed by atoms with E-state index >= 15 is 0 Å². The van der Waals surface area contributed by atoms with Crippen LogP contribution in [0, 0.1) is 0 Å². The molecule has 4 heterocycles. The van der Waals surface area contributed by atoms with E-state index in [9.17, 15) is 21.9 Å². The number of para-hydroxylation sites is 5. The third-order valence-electron chi connectivity index (χ3n) is 20.5. The molecule has 0 fully saturated rings. The minimum atomic E-state index is -0.939. The largest absolute Gasteiger partial charge is 0.311 e. The van der Waals surface area contributed by atoms with Gasteiger partial charge in [0, 0.05) is 83.9 Å². The highest BCUT2D eigenvalue weighted by molar-refractivity contribution is 7.00. The first-order valence-electron chi connectivity index (χ1n) is 46.0. The summed E-state index contributed by atoms with van der Waals surface area (Å²) in [5.74, 6) is 0. The molecule has 0 unspecified atom stereocenters. The molecule has 5 nitrogen and oxygen atoms in total. The molecule has 0 saturated heterocycles. The van der Waals surface area contributed by atoms with E-state index < -0.39 is 145 Å². The van der Waals surface area contributed by atoms with Gasteiger partial charge in [0.15, 0.2) is 0 Å². The maximum absolute atomic E-state index is 10.2. The molecule has 2 aliphatic rings. The molecule has 2 aromatic heterocycles. The molecule has 0 saturated carbocycles. The third kappa shape index (κ3) is 10.4. The van der Waals surface area contributed by atoms with Crippen LogP contribution in [-0.2, 0) is 5.41 Å². The summed E-state index contributed by atoms with van der Waals surface area (Å²) >= 11 is 0. The first kappa shape index (κ1) is 43.5. The van der Waals surface area contributed by atoms with Gasteiger partial charge in [-0.25, -0.2) is 0 Å². The number of fused-ring (bicyclic) bond motifs is 10. The van der Waals surface area contributed by atoms with E-state index in [1.807, 2.05) is 176 Å². The van der Waals surface area contributed by atoms with Crippen LogP contribution >= 0.6 is 0 Å². The van der Waals surface area contributed by atoms with Gasteiger partial charge in [-0.3, -0.25) is 0 Å². The Hall–Kier alpha value is -13.4. The Balaban J connectivity index is 0.998. The molecule has 20 rings (SSSR count). The zero-order valence-electron chi connectivity index (χ0n) is 79.5. The topological polar surface area (TPSA) is 19.6 Å². The van der Waals surface area contributed by atoms with Crippen molar-refractivity contribution in [3.8, 4) is 67.0 Å². The molecule has 0 bridgehead atoms. The number of anilines is 9. The quantitative estimate of drug-likeness (QED) is 0.114. The highest BCUT2D eigenvalue weighted by Crippen LogP contribution is 2.54. The van der Waals surface area contributed by atoms with Crippen LogP contribution < -0.4 is 31.1 Å². The van der Waals surface area contributed by atoms with Crippen molar-refractivity contribution in [1.82, 2.24) is 9.13 Å². The molecule has 0 radical (unpaired) electrons. The molecule has 2 aliphatic heterocycles. The van der Waals surface area contributed by atoms with Gasteiger partial charge < -0.3 is 23.8 Å². The smallest absolute Gasteiger partial charge is 0.252 e. The van der Waals surface area contributed by atoms with Crippen LogP contribution in [0.1, 0.15) is 56.5 Å². The van der Waals surface area contributed by atoms with E-state index in [0.29, 0.717) is 78.5 Å². The summed E-state index contributed by atoms with van der Waals surface area (Å²) in [5, 5.41) is -0.00298. The highest BCUT2D eigenvalue weighted by Gasteiger charge is 2.46. The van der Waals surface area contributed by atoms with Gasteiger partial charge in [0.05, 0.1) is 63.6 Å². The van der Waals surface area contributed by atoms with Gasteiger partial charge in [0.25, 0.3) is 6.71 Å². The van der Waals surface area contributed by atoms with E-state index in [1.54, 1.807) is 59.2 Å². The lowest BCUT2D eigenvalue weighted by Crippen LogP contribution is -2.61. The first-order chi connectivity index (χ1) is 61.4. The summed E-state index contributed by atoms with van der Waals surface area (Å²) in [6, 6.07) is 66.6. The average molecular weight is 1380 g/mol. The average Bonchev–Trinajstić information content (AvgIpc) is 0.943. The van der Waals surface area contributed by atoms with E-state index in [2.05, 4.69) is 48.8 Å². The van der Waals surface area contributed by atoms with Crippen LogP contribution in [0.2, 0.25) is 0 Å². The summed E-state index contributed by atoms with van der Waals surface area (Å²) in [5.41, 5.74) is 12.4. The summed E-state index contributed by atoms with van der Waals surface area (Å²) in [6.45, 7) is 5.47. The molecule has 18 aromatic rings. The summed E-state index contributed by atoms with van der Waals surface area (Å²) in [7, 11) is 0. The third-order valence-corrected chi connectivity index (χ3v) is 20.5. The second-order valence-corrected chi connectivity index (χ2v) is 27.6. The summed E-state index contributed by atoms with van der Waals surface area (Å²) < 4.78 is 212. The Morgan fingerprint density at radius 3 is 1.31 bits per heavy atom. The van der Waals surface area contributed by atoms with E-state index in [4.69, 9.17) is 8.22 Å². The summed E-state index contributed by atoms with van der Waals surface area (Å²) in [6.07, 6.45) is 0. The standard InChI is InChI=1S/C100H72BN5/c1-100(2,3)75-61-85(70-37-17-7-18-38-70)99(86(62-75)71-39-19-8-20-40-71)106-95-64-79(103-92-50-30-27-47-84(92)87-63-78(53-56-93(87)103)102(76-41-21-9-22-42-76)77-43-23-10-24-44-77)52-55-89(95)101-88-54-51-72(67-31-11-4-12-32-67)60-94(88)105(80-58-73(68-33-13-5-14-34-68)57-74(59-80)69-35-15-6-16-36-69)96-65-81(66-97(106)98(96)101)104-90-48-28-25-45-82(90)83-46-26-29-49-91(83)104/h4-66H,1-3H3/i4D,9D,11D,12D,21D,22D,25D,26D,27D,28D,29D,30D,31D,32D,41D,42D,45D,46D,47D,48D,49D,50D. The lowest BCUT2D eigenvalue weighted by molar-refractivity contribution is 0.591. The maximum atomic E-state index is 10.2. The zero-order chi connectivity index (χ0) is 89.7. The van der Waals surface area contributed by atoms with Crippen molar-refractivity contribution in [3.05, 3.63) is 387 Å². The fourth-order valence-corrected chi connectivity index (χ4v) is 15.8. The molecule has 0 aliphatic carbocycles. The van der Waals surface area contributed by atoms with Crippen LogP contribution in [0.15, 0.2) is 382 Å². The van der Waals surface area contributed by atoms with Gasteiger partial charge in [-0.2, -0.15) is 0 Å². The van der Waals surface area contributed by atoms with Gasteiger partial charge in [0.1, 0.15) is 0 Å². The monoisotopic (exact) mass is 1380 g/mol. The van der Waals surface area contributed by atoms with Gasteiger partial charge >= 0.3 is 0 Å². The summed E-state index contributed by atoms with van der Waals surface area (Å²) in [4.78, 5) is 5.75. The number of hydrogen-bond acceptors (Lipinski definition) is 3. The van der Waals surface area contributed by atoms with Crippen LogP contribution in [0.4, 0.5) is 51.2 Å². The van der Waals surface area contributed by atoms with Crippen molar-refractivity contribution in [2.45, 2.75) is 26.2 Å². The molecule has 0 amide bonds. The van der Waals surface area contributed by atoms with Gasteiger partial charge in [0.2, 0.25) is 0 Å². The van der Waals surface area contributed by atoms with E-state index in [1.165, 1.54) is 9.47 Å². The Bertz CT molecular complexity index is 7590. The van der Waals surface area contributed by atoms with Crippen molar-refractivity contribution in [2.75, 3.05) is 14.7 Å². The number of aromatic nitrogens is 2. The first-order valence-corrected chi connectivity index (χ1v) is 35.0. The van der Waals surface area contributed by atoms with E-state index in [0.717, 1.165) is 38.9 Å². The SMILES string of the molecule is [2H]c1c([2H])c([2H])c(-c2ccc3c(c2)N(c2cc(-c4ccccc4)cc(-c4ccccc4)c2)c2cc(-n4c5c([2H])c([2H])c([2H])c([2H])c5c5c([2H])c([2H])c([2H])c([2H])c54)cc4c2B3c2ccc(-n3c5ccc(N(c6ccccc6)c6c([2H])c([2H])c([2H])c([2H])c6[2H])cc5c5c([2H])c([2H])c([2H])c([2H])c53)cc2N4c2c(-c3ccccc3)cc(C(C)(C)C)cc2-c2ccccc2)c([2H])c1[2H]. The van der Waals surface area contributed by atoms with Crippen molar-refractivity contribution >= 4 is 118 Å². The normalized spacial score (nSPS) is 15.3. The molecule has 6 heteroatoms. The van der Waals surface area contributed by atoms with Crippen molar-refractivity contribution in [1.29, 1.82) is 0 Å². The van der Waals surface area contributed by atoms with Crippen LogP contribution in [0.3, 0.4) is 0 Å². The lowest BCUT2D eigenvalue weighted by Gasteiger charge is -2.45. The number of rotatable bonds is 12. The zero-order valence-corrected chi connectivity index (χ0v) is 57.5. The maximum Gasteiger partial charge on any atom is 0.252 e. The number of benzene rings is 16. The second kappa shape index (κ2) is 25.2. The molecule has 0 atom stereocenters. The van der Waals surface area contributed by atoms with Gasteiger partial charge in [-0.15, -0.1) is 0 Å². The lowest BCUT2D eigenvalue weighted by atomic mass is 9.33. The second-order valence-electron chi connectivity index (χ2n) is 27.6. The molecule has 106 heavy (non-hydrogen) atoms. The Morgan fingerprint density at radius 1 is 0.292 bits per heavy atom. The molecule has 0 spiro atoms. The molecule has 16 aromatic carbocycles. The van der Waals surface area contributed by atoms with Gasteiger partial charge in [-0.05, 0) is 193 Å². The predicted octanol–water partition coefficient (Wildman–Crippen LogP) is 25.1. The van der Waals surface area contributed by atoms with Crippen molar-refractivity contribution < 1.29 is 30.2 Å². The molecular formula is C100H72BN5. The Labute approximate surface area is 649 Å². The van der Waals surface area contributed by atoms with E-state index in [-0.39, 0.29) is 66.3 Å². The predicted molar refractivity (Wildman–Crippen MR) is 450 cm³/mol. The Morgan fingerprint density at radius 2 is 0.755 bits per heavy atom. The number of nitrogens with zero attached hydrogens (tertiary/aromatic N) is 5. The fraction of sp³-hybridized carbons (Fsp3) is 0.0400. The van der Waals surface area contributed by atoms with Crippen LogP contribution in [0.25, 0.3) is 111 Å². The van der Waals surface area contributed by atoms with Gasteiger partial charge in [-0.1, -0.05) is 281 Å². The Kier molecular flexibility index (Phi) is 10.4. The minimum Gasteiger partial charge on any atom is -0.311 e. The highest BCUT2D eigenvalue weighted by atomic mass is 15.2. The number of hydrogen-bond donors (Lipinski definition) is 0. The molecule has 500 valence electrons. The molecule has 0 N–H and O–H groups in total. The van der Waals surface area contributed by atoms with Crippen LogP contribution in [0.5, 0.6) is 0 Å². The fourth-order valence-electron chi connectivity index (χ4n) is 15.8. The van der Waals surface area contributed by atoms with Crippen LogP contribution in [-0.4, -0.2) is 15.8 Å². The minimum absolute atomic E-state index is 0.0425. The van der Waals surface area contributed by atoms with Crippen molar-refractivity contribution in [2.24, 2.45) is 0 Å².